The molecule has 0 bridgehead atoms. The van der Waals surface area contributed by atoms with Crippen LogP contribution in [0, 0.1) is 11.3 Å². The molecule has 2 fully saturated rings. The largest absolute Gasteiger partial charge is 0.464 e. The highest BCUT2D eigenvalue weighted by atomic mass is 16.6. The summed E-state index contributed by atoms with van der Waals surface area (Å²) in [5.41, 5.74) is 7.56. The van der Waals surface area contributed by atoms with Crippen molar-refractivity contribution in [2.45, 2.75) is 64.6 Å². The standard InChI is InChI=1S/C28H31NO3/c1-17(2)21-8-10-27(3)11-12-28-22(25(21)27)6-4-18(14-24(28)32-28)16-29-26(30)20-5-7-23-19(15-20)9-13-31-23/h4-7,9,13,15,17,24H,8,10-12,14,16H2,1-3H3,(H,29,30)/t24-,27+,28-/m0/s1. The van der Waals surface area contributed by atoms with Crippen LogP contribution in [-0.4, -0.2) is 24.2 Å². The Hall–Kier alpha value is -2.59. The lowest BCUT2D eigenvalue weighted by atomic mass is 9.64. The number of ether oxygens (including phenoxy) is 1. The van der Waals surface area contributed by atoms with Gasteiger partial charge in [0.1, 0.15) is 11.2 Å². The molecule has 3 aliphatic carbocycles. The quantitative estimate of drug-likeness (QED) is 0.597. The number of carbonyl (C=O) groups excluding carboxylic acids is 1. The SMILES string of the molecule is CC(C)C1=C2C3=CC=C(CNC(=O)c4ccc5occc5c4)C[C@@H]4O[C@@]34CC[C@@]2(C)CC1. The van der Waals surface area contributed by atoms with Crippen LogP contribution in [0.3, 0.4) is 0 Å². The lowest BCUT2D eigenvalue weighted by Gasteiger charge is -2.39. The fourth-order valence-corrected chi connectivity index (χ4v) is 6.33. The summed E-state index contributed by atoms with van der Waals surface area (Å²) in [5, 5.41) is 4.06. The fraction of sp³-hybridized carbons (Fsp3) is 0.464. The second kappa shape index (κ2) is 6.95. The van der Waals surface area contributed by atoms with E-state index in [0.717, 1.165) is 23.8 Å². The summed E-state index contributed by atoms with van der Waals surface area (Å²) < 4.78 is 11.8. The molecular formula is C28H31NO3. The van der Waals surface area contributed by atoms with E-state index >= 15 is 0 Å². The molecule has 1 aromatic heterocycles. The molecule has 6 rings (SSSR count). The first-order valence-electron chi connectivity index (χ1n) is 12.0. The van der Waals surface area contributed by atoms with Crippen LogP contribution in [0.5, 0.6) is 0 Å². The average molecular weight is 430 g/mol. The van der Waals surface area contributed by atoms with Crippen LogP contribution in [0.15, 0.2) is 69.4 Å². The Morgan fingerprint density at radius 2 is 2.06 bits per heavy atom. The Labute approximate surface area is 189 Å². The molecule has 1 aromatic carbocycles. The van der Waals surface area contributed by atoms with Gasteiger partial charge in [-0.25, -0.2) is 0 Å². The van der Waals surface area contributed by atoms with E-state index in [1.165, 1.54) is 30.4 Å². The maximum absolute atomic E-state index is 12.8. The van der Waals surface area contributed by atoms with Gasteiger partial charge >= 0.3 is 0 Å². The zero-order valence-corrected chi connectivity index (χ0v) is 19.2. The van der Waals surface area contributed by atoms with Gasteiger partial charge in [0.2, 0.25) is 0 Å². The van der Waals surface area contributed by atoms with E-state index < -0.39 is 0 Å². The first-order valence-corrected chi connectivity index (χ1v) is 12.0. The first kappa shape index (κ1) is 20.0. The summed E-state index contributed by atoms with van der Waals surface area (Å²) in [6.07, 6.45) is 12.2. The van der Waals surface area contributed by atoms with E-state index in [1.54, 1.807) is 17.4 Å². The van der Waals surface area contributed by atoms with Crippen LogP contribution in [0.25, 0.3) is 11.0 Å². The van der Waals surface area contributed by atoms with E-state index in [9.17, 15) is 4.79 Å². The number of hydrogen-bond donors (Lipinski definition) is 1. The Bertz CT molecular complexity index is 1210. The van der Waals surface area contributed by atoms with Crippen LogP contribution in [0.2, 0.25) is 0 Å². The highest BCUT2D eigenvalue weighted by molar-refractivity contribution is 5.97. The van der Waals surface area contributed by atoms with Crippen molar-refractivity contribution < 1.29 is 13.9 Å². The molecule has 1 N–H and O–H groups in total. The third-order valence-corrected chi connectivity index (χ3v) is 8.28. The fourth-order valence-electron chi connectivity index (χ4n) is 6.33. The second-order valence-corrected chi connectivity index (χ2v) is 10.6. The van der Waals surface area contributed by atoms with Crippen molar-refractivity contribution >= 4 is 16.9 Å². The highest BCUT2D eigenvalue weighted by Gasteiger charge is 2.64. The van der Waals surface area contributed by atoms with Crippen molar-refractivity contribution in [2.75, 3.05) is 6.54 Å². The van der Waals surface area contributed by atoms with Gasteiger partial charge in [0.15, 0.2) is 0 Å². The zero-order valence-electron chi connectivity index (χ0n) is 19.2. The Morgan fingerprint density at radius 1 is 1.19 bits per heavy atom. The Kier molecular flexibility index (Phi) is 4.36. The lowest BCUT2D eigenvalue weighted by molar-refractivity contribution is 0.0956. The van der Waals surface area contributed by atoms with Gasteiger partial charge in [-0.3, -0.25) is 4.79 Å². The second-order valence-electron chi connectivity index (χ2n) is 10.6. The van der Waals surface area contributed by atoms with Crippen LogP contribution in [-0.2, 0) is 4.74 Å². The third-order valence-electron chi connectivity index (χ3n) is 8.28. The molecule has 1 saturated heterocycles. The zero-order chi connectivity index (χ0) is 22.1. The van der Waals surface area contributed by atoms with E-state index in [-0.39, 0.29) is 17.6 Å². The predicted molar refractivity (Wildman–Crippen MR) is 125 cm³/mol. The predicted octanol–water partition coefficient (Wildman–Crippen LogP) is 6.10. The smallest absolute Gasteiger partial charge is 0.251 e. The summed E-state index contributed by atoms with van der Waals surface area (Å²) in [4.78, 5) is 12.8. The molecule has 0 unspecified atom stereocenters. The van der Waals surface area contributed by atoms with Crippen LogP contribution >= 0.6 is 0 Å². The van der Waals surface area contributed by atoms with Crippen molar-refractivity contribution in [2.24, 2.45) is 11.3 Å². The summed E-state index contributed by atoms with van der Waals surface area (Å²) in [6.45, 7) is 7.66. The number of furan rings is 1. The van der Waals surface area contributed by atoms with Gasteiger partial charge in [-0.2, -0.15) is 0 Å². The summed E-state index contributed by atoms with van der Waals surface area (Å²) in [7, 11) is 0. The van der Waals surface area contributed by atoms with Crippen molar-refractivity contribution in [3.63, 3.8) is 0 Å². The Morgan fingerprint density at radius 3 is 2.91 bits per heavy atom. The molecule has 0 radical (unpaired) electrons. The van der Waals surface area contributed by atoms with Crippen LogP contribution in [0.4, 0.5) is 0 Å². The first-order chi connectivity index (χ1) is 15.4. The van der Waals surface area contributed by atoms with Crippen molar-refractivity contribution in [3.05, 3.63) is 70.5 Å². The van der Waals surface area contributed by atoms with E-state index in [0.29, 0.717) is 23.4 Å². The number of amides is 1. The number of epoxide rings is 1. The molecule has 4 heteroatoms. The van der Waals surface area contributed by atoms with Crippen LogP contribution < -0.4 is 5.32 Å². The molecule has 1 spiro atoms. The number of allylic oxidation sites excluding steroid dienone is 3. The van der Waals surface area contributed by atoms with Gasteiger partial charge in [0.05, 0.1) is 12.4 Å². The molecule has 1 amide bonds. The average Bonchev–Trinajstić information content (AvgIpc) is 3.10. The normalized spacial score (nSPS) is 30.9. The molecule has 3 atom stereocenters. The Balaban J connectivity index is 1.25. The minimum atomic E-state index is -0.0894. The molecule has 4 aliphatic rings. The number of hydrogen-bond acceptors (Lipinski definition) is 3. The minimum absolute atomic E-state index is 0.0529. The molecule has 166 valence electrons. The summed E-state index contributed by atoms with van der Waals surface area (Å²) >= 11 is 0. The molecular weight excluding hydrogens is 398 g/mol. The maximum atomic E-state index is 12.8. The molecule has 1 saturated carbocycles. The van der Waals surface area contributed by atoms with Crippen molar-refractivity contribution in [1.29, 1.82) is 0 Å². The van der Waals surface area contributed by atoms with Gasteiger partial charge in [-0.1, -0.05) is 38.5 Å². The highest BCUT2D eigenvalue weighted by Crippen LogP contribution is 2.65. The number of nitrogens with one attached hydrogen (secondary N) is 1. The molecule has 4 nitrogen and oxygen atoms in total. The minimum Gasteiger partial charge on any atom is -0.464 e. The molecule has 2 aromatic rings. The summed E-state index contributed by atoms with van der Waals surface area (Å²) in [5.74, 6) is 0.529. The van der Waals surface area contributed by atoms with E-state index in [1.807, 2.05) is 24.3 Å². The number of benzene rings is 1. The van der Waals surface area contributed by atoms with Crippen molar-refractivity contribution in [1.82, 2.24) is 5.32 Å². The summed E-state index contributed by atoms with van der Waals surface area (Å²) in [6, 6.07) is 7.43. The molecule has 1 aliphatic heterocycles. The van der Waals surface area contributed by atoms with E-state index in [4.69, 9.17) is 9.15 Å². The molecule has 32 heavy (non-hydrogen) atoms. The van der Waals surface area contributed by atoms with Gasteiger partial charge in [0.25, 0.3) is 5.91 Å². The maximum Gasteiger partial charge on any atom is 0.251 e. The lowest BCUT2D eigenvalue weighted by Crippen LogP contribution is -2.34. The van der Waals surface area contributed by atoms with Gasteiger partial charge in [-0.05, 0) is 84.4 Å². The number of rotatable bonds is 4. The van der Waals surface area contributed by atoms with Crippen LogP contribution in [0.1, 0.15) is 63.2 Å². The topological polar surface area (TPSA) is 54.8 Å². The van der Waals surface area contributed by atoms with Crippen molar-refractivity contribution in [3.8, 4) is 0 Å². The molecule has 2 heterocycles. The van der Waals surface area contributed by atoms with Gasteiger partial charge < -0.3 is 14.5 Å². The third kappa shape index (κ3) is 2.96. The number of fused-ring (bicyclic) bond motifs is 3. The number of carbonyl (C=O) groups is 1. The van der Waals surface area contributed by atoms with Gasteiger partial charge in [-0.15, -0.1) is 0 Å². The van der Waals surface area contributed by atoms with E-state index in [2.05, 4.69) is 38.2 Å². The monoisotopic (exact) mass is 429 g/mol. The van der Waals surface area contributed by atoms with Gasteiger partial charge in [0, 0.05) is 17.5 Å².